The van der Waals surface area contributed by atoms with Crippen LogP contribution in [0.2, 0.25) is 0 Å². The summed E-state index contributed by atoms with van der Waals surface area (Å²) in [7, 11) is 0. The van der Waals surface area contributed by atoms with Crippen LogP contribution in [0, 0.1) is 0 Å². The Bertz CT molecular complexity index is 1450. The third-order valence-corrected chi connectivity index (χ3v) is 6.74. The van der Waals surface area contributed by atoms with Crippen molar-refractivity contribution in [2.75, 3.05) is 26.4 Å². The number of epoxide rings is 1. The van der Waals surface area contributed by atoms with Crippen molar-refractivity contribution in [1.82, 2.24) is 0 Å². The first-order valence-corrected chi connectivity index (χ1v) is 16.3. The van der Waals surface area contributed by atoms with Crippen molar-refractivity contribution in [3.05, 3.63) is 53.6 Å². The normalized spacial score (nSPS) is 16.6. The second-order valence-electron chi connectivity index (χ2n) is 11.6. The van der Waals surface area contributed by atoms with Gasteiger partial charge in [-0.1, -0.05) is 24.3 Å². The fourth-order valence-electron chi connectivity index (χ4n) is 4.33. The van der Waals surface area contributed by atoms with Crippen LogP contribution >= 0.6 is 0 Å². The van der Waals surface area contributed by atoms with Gasteiger partial charge in [0.1, 0.15) is 42.2 Å². The number of esters is 3. The maximum absolute atomic E-state index is 12.4. The van der Waals surface area contributed by atoms with Gasteiger partial charge in [0.2, 0.25) is 0 Å². The van der Waals surface area contributed by atoms with E-state index in [1.165, 1.54) is 39.0 Å². The Labute approximate surface area is 295 Å². The predicted octanol–water partition coefficient (Wildman–Crippen LogP) is 5.99. The summed E-state index contributed by atoms with van der Waals surface area (Å²) >= 11 is 0. The van der Waals surface area contributed by atoms with E-state index in [0.717, 1.165) is 5.56 Å². The summed E-state index contributed by atoms with van der Waals surface area (Å²) in [6, 6.07) is 11.4. The van der Waals surface area contributed by atoms with E-state index in [0.29, 0.717) is 17.7 Å². The highest BCUT2D eigenvalue weighted by Gasteiger charge is 2.50. The van der Waals surface area contributed by atoms with Gasteiger partial charge in [-0.2, -0.15) is 0 Å². The van der Waals surface area contributed by atoms with E-state index in [9.17, 15) is 24.0 Å². The smallest absolute Gasteiger partial charge is 0.463 e. The SMILES string of the molecule is CC(=O)O[C@H](C)CCOC(=O)Oc1cc(/C=C/c2ccc(OC3(OCC[C@@H](C)OC(C)=O)CO3)cc2)cc(OC(=O)OCC[C@@H](C)OC(C)=O)c1. The van der Waals surface area contributed by atoms with Gasteiger partial charge in [0, 0.05) is 46.1 Å². The van der Waals surface area contributed by atoms with Crippen molar-refractivity contribution >= 4 is 42.4 Å². The molecule has 278 valence electrons. The Kier molecular flexibility index (Phi) is 15.7. The van der Waals surface area contributed by atoms with E-state index < -0.39 is 42.4 Å². The number of carbonyl (C=O) groups excluding carboxylic acids is 5. The molecule has 1 heterocycles. The molecule has 0 N–H and O–H groups in total. The average molecular weight is 717 g/mol. The summed E-state index contributed by atoms with van der Waals surface area (Å²) in [5.41, 5.74) is 1.28. The zero-order chi connectivity index (χ0) is 37.4. The van der Waals surface area contributed by atoms with Crippen molar-refractivity contribution in [3.8, 4) is 17.2 Å². The molecule has 0 spiro atoms. The van der Waals surface area contributed by atoms with Crippen molar-refractivity contribution in [1.29, 1.82) is 0 Å². The zero-order valence-electron chi connectivity index (χ0n) is 29.5. The molecule has 15 heteroatoms. The van der Waals surface area contributed by atoms with E-state index in [2.05, 4.69) is 0 Å². The molecule has 0 aromatic heterocycles. The van der Waals surface area contributed by atoms with Gasteiger partial charge in [0.15, 0.2) is 0 Å². The lowest BCUT2D eigenvalue weighted by Gasteiger charge is -2.17. The van der Waals surface area contributed by atoms with Gasteiger partial charge in [0.05, 0.1) is 19.8 Å². The Morgan fingerprint density at radius 2 is 1.08 bits per heavy atom. The number of ether oxygens (including phenoxy) is 10. The van der Waals surface area contributed by atoms with Crippen LogP contribution in [-0.4, -0.2) is 80.9 Å². The second-order valence-corrected chi connectivity index (χ2v) is 11.6. The van der Waals surface area contributed by atoms with Gasteiger partial charge < -0.3 is 47.4 Å². The molecular formula is C36H44O15. The second kappa shape index (κ2) is 19.9. The van der Waals surface area contributed by atoms with Crippen LogP contribution < -0.4 is 14.2 Å². The standard InChI is InChI=1S/C36H44O15/c1-23(46-26(4)37)13-16-42-34(40)49-32-19-30(20-33(21-32)50-35(41)43-17-14-24(2)47-27(5)38)8-7-29-9-11-31(12-10-29)51-36(22-45-36)44-18-15-25(3)48-28(6)39/h7-12,19-21,23-25H,13-18,22H2,1-6H3/b8-7+/t23-,24-,25-,36?/m1/s1. The quantitative estimate of drug-likeness (QED) is 0.0412. The summed E-state index contributed by atoms with van der Waals surface area (Å²) in [4.78, 5) is 58.1. The lowest BCUT2D eigenvalue weighted by Crippen LogP contribution is -2.26. The summed E-state index contributed by atoms with van der Waals surface area (Å²) in [6.07, 6.45) is 1.21. The number of hydrogen-bond acceptors (Lipinski definition) is 15. The Morgan fingerprint density at radius 1 is 0.647 bits per heavy atom. The molecule has 0 aliphatic carbocycles. The van der Waals surface area contributed by atoms with Gasteiger partial charge in [-0.3, -0.25) is 14.4 Å². The summed E-state index contributed by atoms with van der Waals surface area (Å²) in [6.45, 7) is 9.40. The molecule has 51 heavy (non-hydrogen) atoms. The lowest BCUT2D eigenvalue weighted by molar-refractivity contribution is -0.178. The topological polar surface area (TPSA) is 181 Å². The molecule has 1 fully saturated rings. The minimum Gasteiger partial charge on any atom is -0.463 e. The van der Waals surface area contributed by atoms with Crippen LogP contribution in [0.25, 0.3) is 12.2 Å². The number of benzene rings is 2. The maximum atomic E-state index is 12.4. The minimum absolute atomic E-state index is 0.0159. The molecule has 1 aliphatic rings. The van der Waals surface area contributed by atoms with Gasteiger partial charge >= 0.3 is 36.2 Å². The van der Waals surface area contributed by atoms with Gasteiger partial charge in [-0.25, -0.2) is 9.59 Å². The van der Waals surface area contributed by atoms with E-state index in [1.54, 1.807) is 57.2 Å². The summed E-state index contributed by atoms with van der Waals surface area (Å²) in [5, 5.41) is 0. The molecule has 2 aromatic carbocycles. The van der Waals surface area contributed by atoms with Crippen LogP contribution in [0.1, 0.15) is 71.9 Å². The van der Waals surface area contributed by atoms with Crippen LogP contribution in [0.15, 0.2) is 42.5 Å². The third kappa shape index (κ3) is 16.4. The highest BCUT2D eigenvalue weighted by Crippen LogP contribution is 2.33. The van der Waals surface area contributed by atoms with E-state index >= 15 is 0 Å². The molecule has 0 radical (unpaired) electrons. The van der Waals surface area contributed by atoms with Crippen LogP contribution in [0.4, 0.5) is 9.59 Å². The number of hydrogen-bond donors (Lipinski definition) is 0. The Morgan fingerprint density at radius 3 is 1.51 bits per heavy atom. The van der Waals surface area contributed by atoms with Crippen molar-refractivity contribution in [2.24, 2.45) is 0 Å². The molecule has 1 saturated heterocycles. The first kappa shape index (κ1) is 40.3. The van der Waals surface area contributed by atoms with E-state index in [4.69, 9.17) is 47.4 Å². The van der Waals surface area contributed by atoms with Crippen LogP contribution in [0.3, 0.4) is 0 Å². The fourth-order valence-corrected chi connectivity index (χ4v) is 4.33. The maximum Gasteiger partial charge on any atom is 0.513 e. The first-order valence-electron chi connectivity index (χ1n) is 16.3. The molecular weight excluding hydrogens is 672 g/mol. The van der Waals surface area contributed by atoms with Gasteiger partial charge in [0.25, 0.3) is 0 Å². The highest BCUT2D eigenvalue weighted by atomic mass is 16.9. The third-order valence-electron chi connectivity index (χ3n) is 6.74. The molecule has 3 rings (SSSR count). The monoisotopic (exact) mass is 716 g/mol. The molecule has 15 nitrogen and oxygen atoms in total. The van der Waals surface area contributed by atoms with Crippen LogP contribution in [0.5, 0.6) is 17.2 Å². The zero-order valence-corrected chi connectivity index (χ0v) is 29.5. The predicted molar refractivity (Wildman–Crippen MR) is 179 cm³/mol. The molecule has 0 saturated carbocycles. The summed E-state index contributed by atoms with van der Waals surface area (Å²) in [5.74, 6) is -1.91. The number of carbonyl (C=O) groups is 5. The molecule has 1 aliphatic heterocycles. The Hall–Kier alpha value is -5.15. The first-order chi connectivity index (χ1) is 24.2. The highest BCUT2D eigenvalue weighted by molar-refractivity contribution is 5.73. The molecule has 0 amide bonds. The lowest BCUT2D eigenvalue weighted by atomic mass is 10.1. The van der Waals surface area contributed by atoms with Gasteiger partial charge in [-0.15, -0.1) is 0 Å². The molecule has 0 bridgehead atoms. The largest absolute Gasteiger partial charge is 0.513 e. The van der Waals surface area contributed by atoms with Crippen molar-refractivity contribution in [3.63, 3.8) is 0 Å². The summed E-state index contributed by atoms with van der Waals surface area (Å²) < 4.78 is 52.9. The van der Waals surface area contributed by atoms with E-state index in [-0.39, 0.29) is 62.8 Å². The molecule has 2 aromatic rings. The molecule has 4 atom stereocenters. The van der Waals surface area contributed by atoms with Gasteiger partial charge in [-0.05, 0) is 56.2 Å². The fraction of sp³-hybridized carbons (Fsp3) is 0.472. The minimum atomic E-state index is -1.19. The average Bonchev–Trinajstić information content (AvgIpc) is 3.78. The van der Waals surface area contributed by atoms with Crippen molar-refractivity contribution < 1.29 is 71.3 Å². The van der Waals surface area contributed by atoms with Crippen LogP contribution in [-0.2, 0) is 47.5 Å². The molecule has 1 unspecified atom stereocenters. The van der Waals surface area contributed by atoms with Crippen molar-refractivity contribution in [2.45, 2.75) is 85.1 Å². The Balaban J connectivity index is 1.63. The number of rotatable bonds is 19. The van der Waals surface area contributed by atoms with E-state index in [1.807, 2.05) is 0 Å².